The molecule has 1 saturated heterocycles. The third-order valence-electron chi connectivity index (χ3n) is 4.45. The van der Waals surface area contributed by atoms with Crippen molar-refractivity contribution in [2.45, 2.75) is 45.1 Å². The van der Waals surface area contributed by atoms with Crippen molar-refractivity contribution in [3.63, 3.8) is 0 Å². The summed E-state index contributed by atoms with van der Waals surface area (Å²) in [4.78, 5) is 2.47. The molecule has 0 amide bonds. The molecule has 1 aromatic carbocycles. The molecule has 1 aromatic rings. The Morgan fingerprint density at radius 3 is 2.73 bits per heavy atom. The smallest absolute Gasteiger partial charge is 0.151 e. The van der Waals surface area contributed by atoms with E-state index in [1.54, 1.807) is 12.3 Å². The van der Waals surface area contributed by atoms with E-state index in [9.17, 15) is 5.11 Å². The van der Waals surface area contributed by atoms with Crippen molar-refractivity contribution in [3.05, 3.63) is 34.5 Å². The lowest BCUT2D eigenvalue weighted by Gasteiger charge is -2.34. The van der Waals surface area contributed by atoms with Crippen LogP contribution < -0.4 is 10.1 Å². The van der Waals surface area contributed by atoms with Gasteiger partial charge in [0.2, 0.25) is 0 Å². The van der Waals surface area contributed by atoms with E-state index >= 15 is 0 Å². The minimum absolute atomic E-state index is 0.209. The lowest BCUT2D eigenvalue weighted by molar-refractivity contribution is 0.0842. The molecule has 120 valence electrons. The summed E-state index contributed by atoms with van der Waals surface area (Å²) in [7, 11) is 0. The Morgan fingerprint density at radius 2 is 2.05 bits per heavy atom. The van der Waals surface area contributed by atoms with E-state index in [1.807, 2.05) is 12.1 Å². The Bertz CT molecular complexity index is 566. The number of aliphatic hydroxyl groups excluding tert-OH is 1. The first-order valence-electron chi connectivity index (χ1n) is 7.89. The number of hydrogen-bond acceptors (Lipinski definition) is 4. The average Bonchev–Trinajstić information content (AvgIpc) is 2.50. The van der Waals surface area contributed by atoms with E-state index in [0.29, 0.717) is 16.8 Å². The maximum absolute atomic E-state index is 9.91. The molecule has 0 radical (unpaired) electrons. The zero-order valence-electron chi connectivity index (χ0n) is 13.1. The molecular weight excluding hydrogens is 300 g/mol. The molecule has 2 aliphatic rings. The zero-order valence-corrected chi connectivity index (χ0v) is 13.8. The van der Waals surface area contributed by atoms with Crippen molar-refractivity contribution >= 4 is 17.7 Å². The molecule has 1 atom stereocenters. The van der Waals surface area contributed by atoms with Gasteiger partial charge in [-0.15, -0.1) is 0 Å². The van der Waals surface area contributed by atoms with E-state index in [1.165, 1.54) is 0 Å². The fourth-order valence-corrected chi connectivity index (χ4v) is 3.28. The van der Waals surface area contributed by atoms with Crippen LogP contribution in [0.2, 0.25) is 5.02 Å². The van der Waals surface area contributed by atoms with Gasteiger partial charge in [0, 0.05) is 24.7 Å². The first kappa shape index (κ1) is 15.7. The molecule has 2 heterocycles. The standard InChI is InChI=1S/C17H23ClN2O2/c1-11(2)20-7-4-13(5-8-20)22-16-9-12-3-6-19-17(21)14(12)10-15(16)18/h3,6,9-11,13,17,19,21H,4-5,7-8H2,1-2H3. The third-order valence-corrected chi connectivity index (χ3v) is 4.74. The maximum atomic E-state index is 9.91. The van der Waals surface area contributed by atoms with Gasteiger partial charge in [0.05, 0.1) is 5.02 Å². The number of nitrogens with zero attached hydrogens (tertiary/aromatic N) is 1. The molecule has 22 heavy (non-hydrogen) atoms. The van der Waals surface area contributed by atoms with Crippen LogP contribution in [0.15, 0.2) is 18.3 Å². The van der Waals surface area contributed by atoms with E-state index in [2.05, 4.69) is 24.1 Å². The van der Waals surface area contributed by atoms with Crippen LogP contribution in [0.1, 0.15) is 44.0 Å². The number of nitrogens with one attached hydrogen (secondary N) is 1. The summed E-state index contributed by atoms with van der Waals surface area (Å²) in [5.74, 6) is 0.710. The Balaban J connectivity index is 1.70. The number of piperidine rings is 1. The molecule has 5 heteroatoms. The fraction of sp³-hybridized carbons (Fsp3) is 0.529. The minimum atomic E-state index is -0.708. The predicted molar refractivity (Wildman–Crippen MR) is 88.9 cm³/mol. The van der Waals surface area contributed by atoms with Crippen LogP contribution in [0.25, 0.3) is 6.08 Å². The first-order valence-corrected chi connectivity index (χ1v) is 8.27. The van der Waals surface area contributed by atoms with Gasteiger partial charge in [-0.3, -0.25) is 0 Å². The summed E-state index contributed by atoms with van der Waals surface area (Å²) in [6, 6.07) is 4.30. The van der Waals surface area contributed by atoms with Crippen molar-refractivity contribution in [2.75, 3.05) is 13.1 Å². The monoisotopic (exact) mass is 322 g/mol. The van der Waals surface area contributed by atoms with Gasteiger partial charge in [0.1, 0.15) is 11.9 Å². The second-order valence-corrected chi connectivity index (χ2v) is 6.67. The molecule has 4 nitrogen and oxygen atoms in total. The van der Waals surface area contributed by atoms with Crippen LogP contribution in [0.3, 0.4) is 0 Å². The van der Waals surface area contributed by atoms with Gasteiger partial charge >= 0.3 is 0 Å². The van der Waals surface area contributed by atoms with E-state index < -0.39 is 6.23 Å². The predicted octanol–water partition coefficient (Wildman–Crippen LogP) is 3.16. The molecule has 0 aliphatic carbocycles. The van der Waals surface area contributed by atoms with Crippen LogP contribution in [0.4, 0.5) is 0 Å². The summed E-state index contributed by atoms with van der Waals surface area (Å²) in [6.07, 6.45) is 5.21. The first-order chi connectivity index (χ1) is 10.5. The number of fused-ring (bicyclic) bond motifs is 1. The molecule has 0 spiro atoms. The number of rotatable bonds is 3. The highest BCUT2D eigenvalue weighted by Crippen LogP contribution is 2.34. The van der Waals surface area contributed by atoms with Crippen LogP contribution in [-0.2, 0) is 0 Å². The number of ether oxygens (including phenoxy) is 1. The number of halogens is 1. The Hall–Kier alpha value is -1.23. The molecule has 1 unspecified atom stereocenters. The van der Waals surface area contributed by atoms with Crippen molar-refractivity contribution in [1.82, 2.24) is 10.2 Å². The minimum Gasteiger partial charge on any atom is -0.489 e. The van der Waals surface area contributed by atoms with Gasteiger partial charge in [-0.1, -0.05) is 11.6 Å². The summed E-state index contributed by atoms with van der Waals surface area (Å²) in [5.41, 5.74) is 1.74. The van der Waals surface area contributed by atoms with Gasteiger partial charge in [-0.2, -0.15) is 0 Å². The third kappa shape index (κ3) is 3.24. The van der Waals surface area contributed by atoms with E-state index in [0.717, 1.165) is 37.1 Å². The Morgan fingerprint density at radius 1 is 1.32 bits per heavy atom. The summed E-state index contributed by atoms with van der Waals surface area (Å²) < 4.78 is 6.12. The topological polar surface area (TPSA) is 44.7 Å². The van der Waals surface area contributed by atoms with Gasteiger partial charge in [0.25, 0.3) is 0 Å². The quantitative estimate of drug-likeness (QED) is 0.897. The summed E-state index contributed by atoms with van der Waals surface area (Å²) in [6.45, 7) is 6.58. The molecular formula is C17H23ClN2O2. The lowest BCUT2D eigenvalue weighted by atomic mass is 10.0. The molecule has 0 saturated carbocycles. The van der Waals surface area contributed by atoms with E-state index in [4.69, 9.17) is 16.3 Å². The molecule has 3 rings (SSSR count). The van der Waals surface area contributed by atoms with Crippen molar-refractivity contribution < 1.29 is 9.84 Å². The highest BCUT2D eigenvalue weighted by atomic mass is 35.5. The molecule has 0 aromatic heterocycles. The molecule has 0 bridgehead atoms. The molecule has 2 aliphatic heterocycles. The van der Waals surface area contributed by atoms with Gasteiger partial charge in [0.15, 0.2) is 6.23 Å². The molecule has 1 fully saturated rings. The van der Waals surface area contributed by atoms with Gasteiger partial charge in [-0.25, -0.2) is 0 Å². The fourth-order valence-electron chi connectivity index (χ4n) is 3.06. The van der Waals surface area contributed by atoms with Crippen LogP contribution in [0.5, 0.6) is 5.75 Å². The number of likely N-dealkylation sites (tertiary alicyclic amines) is 1. The molecule has 2 N–H and O–H groups in total. The largest absolute Gasteiger partial charge is 0.489 e. The normalized spacial score (nSPS) is 22.5. The highest BCUT2D eigenvalue weighted by Gasteiger charge is 2.24. The van der Waals surface area contributed by atoms with Crippen LogP contribution in [0, 0.1) is 0 Å². The lowest BCUT2D eigenvalue weighted by Crippen LogP contribution is -2.41. The van der Waals surface area contributed by atoms with Crippen molar-refractivity contribution in [2.24, 2.45) is 0 Å². The number of benzene rings is 1. The Kier molecular flexibility index (Phi) is 4.62. The number of aliphatic hydroxyl groups is 1. The van der Waals surface area contributed by atoms with Crippen molar-refractivity contribution in [1.29, 1.82) is 0 Å². The second-order valence-electron chi connectivity index (χ2n) is 6.26. The van der Waals surface area contributed by atoms with Gasteiger partial charge in [-0.05, 0) is 56.7 Å². The van der Waals surface area contributed by atoms with Gasteiger partial charge < -0.3 is 20.1 Å². The zero-order chi connectivity index (χ0) is 15.7. The van der Waals surface area contributed by atoms with E-state index in [-0.39, 0.29) is 6.10 Å². The number of hydrogen-bond donors (Lipinski definition) is 2. The summed E-state index contributed by atoms with van der Waals surface area (Å²) in [5, 5.41) is 13.3. The van der Waals surface area contributed by atoms with Crippen molar-refractivity contribution in [3.8, 4) is 5.75 Å². The second kappa shape index (κ2) is 6.49. The highest BCUT2D eigenvalue weighted by molar-refractivity contribution is 6.32. The SMILES string of the molecule is CC(C)N1CCC(Oc2cc3c(cc2Cl)C(O)NC=C3)CC1. The van der Waals surface area contributed by atoms with Crippen LogP contribution >= 0.6 is 11.6 Å². The van der Waals surface area contributed by atoms with Crippen LogP contribution in [-0.4, -0.2) is 35.2 Å². The average molecular weight is 323 g/mol. The maximum Gasteiger partial charge on any atom is 0.151 e. The Labute approximate surface area is 136 Å². The summed E-state index contributed by atoms with van der Waals surface area (Å²) >= 11 is 6.33.